The fraction of sp³-hybridized carbons (Fsp3) is 0.467. The van der Waals surface area contributed by atoms with E-state index in [9.17, 15) is 10.1 Å². The van der Waals surface area contributed by atoms with Crippen LogP contribution in [0.25, 0.3) is 0 Å². The van der Waals surface area contributed by atoms with Crippen LogP contribution in [0.15, 0.2) is 18.2 Å². The van der Waals surface area contributed by atoms with E-state index in [1.165, 1.54) is 0 Å². The summed E-state index contributed by atoms with van der Waals surface area (Å²) in [5.41, 5.74) is 0.533. The number of carbonyl (C=O) groups excluding carboxylic acids is 1. The number of hydrogen-bond donors (Lipinski definition) is 1. The molecule has 1 aromatic carbocycles. The Morgan fingerprint density at radius 2 is 2.10 bits per heavy atom. The van der Waals surface area contributed by atoms with Crippen LogP contribution in [-0.2, 0) is 11.2 Å². The second-order valence-corrected chi connectivity index (χ2v) is 5.81. The molecule has 0 fully saturated rings. The fourth-order valence-electron chi connectivity index (χ4n) is 1.96. The van der Waals surface area contributed by atoms with Gasteiger partial charge in [0, 0.05) is 5.54 Å². The number of carbonyl (C=O) groups is 1. The average Bonchev–Trinajstić information content (AvgIpc) is 2.80. The summed E-state index contributed by atoms with van der Waals surface area (Å²) in [4.78, 5) is 12.0. The average molecular weight is 274 g/mol. The Morgan fingerprint density at radius 3 is 2.75 bits per heavy atom. The molecule has 0 saturated heterocycles. The maximum Gasteiger partial charge on any atom is 0.238 e. The van der Waals surface area contributed by atoms with Crippen LogP contribution in [0, 0.1) is 17.2 Å². The van der Waals surface area contributed by atoms with Crippen molar-refractivity contribution >= 4 is 5.91 Å². The monoisotopic (exact) mass is 274 g/mol. The van der Waals surface area contributed by atoms with Crippen molar-refractivity contribution in [2.75, 3.05) is 6.79 Å². The summed E-state index contributed by atoms with van der Waals surface area (Å²) in [5, 5.41) is 12.0. The normalized spacial score (nSPS) is 14.5. The van der Waals surface area contributed by atoms with Crippen LogP contribution in [0.1, 0.15) is 26.3 Å². The maximum atomic E-state index is 12.0. The van der Waals surface area contributed by atoms with Gasteiger partial charge in [0.2, 0.25) is 12.7 Å². The van der Waals surface area contributed by atoms with Gasteiger partial charge in [-0.2, -0.15) is 5.26 Å². The minimum atomic E-state index is -0.713. The van der Waals surface area contributed by atoms with Gasteiger partial charge in [0.25, 0.3) is 0 Å². The first kappa shape index (κ1) is 14.2. The quantitative estimate of drug-likeness (QED) is 0.915. The SMILES string of the molecule is CC(C)(C)NC(=O)C(C#N)Cc1ccc2c(c1)OCO2. The van der Waals surface area contributed by atoms with E-state index >= 15 is 0 Å². The molecule has 0 bridgehead atoms. The third-order valence-corrected chi connectivity index (χ3v) is 2.85. The van der Waals surface area contributed by atoms with Crippen molar-refractivity contribution < 1.29 is 14.3 Å². The van der Waals surface area contributed by atoms with Crippen molar-refractivity contribution in [2.45, 2.75) is 32.7 Å². The first-order valence-electron chi connectivity index (χ1n) is 6.49. The van der Waals surface area contributed by atoms with Crippen LogP contribution in [0.2, 0.25) is 0 Å². The van der Waals surface area contributed by atoms with Crippen molar-refractivity contribution in [3.8, 4) is 17.6 Å². The van der Waals surface area contributed by atoms with Gasteiger partial charge in [-0.3, -0.25) is 4.79 Å². The molecule has 0 aromatic heterocycles. The molecule has 1 heterocycles. The zero-order valence-electron chi connectivity index (χ0n) is 11.9. The molecule has 0 saturated carbocycles. The number of nitriles is 1. The Morgan fingerprint density at radius 1 is 1.40 bits per heavy atom. The minimum Gasteiger partial charge on any atom is -0.454 e. The molecule has 1 atom stereocenters. The van der Waals surface area contributed by atoms with Crippen LogP contribution in [0.3, 0.4) is 0 Å². The predicted octanol–water partition coefficient (Wildman–Crippen LogP) is 2.01. The van der Waals surface area contributed by atoms with Crippen molar-refractivity contribution in [3.63, 3.8) is 0 Å². The number of amides is 1. The molecule has 1 N–H and O–H groups in total. The molecule has 1 aromatic rings. The Hall–Kier alpha value is -2.22. The number of ether oxygens (including phenoxy) is 2. The van der Waals surface area contributed by atoms with Gasteiger partial charge < -0.3 is 14.8 Å². The van der Waals surface area contributed by atoms with E-state index in [0.29, 0.717) is 17.9 Å². The van der Waals surface area contributed by atoms with Crippen LogP contribution in [0.4, 0.5) is 0 Å². The summed E-state index contributed by atoms with van der Waals surface area (Å²) >= 11 is 0. The summed E-state index contributed by atoms with van der Waals surface area (Å²) in [5.74, 6) is 0.393. The molecule has 1 amide bonds. The van der Waals surface area contributed by atoms with Crippen LogP contribution in [-0.4, -0.2) is 18.2 Å². The lowest BCUT2D eigenvalue weighted by Gasteiger charge is -2.22. The largest absolute Gasteiger partial charge is 0.454 e. The Kier molecular flexibility index (Phi) is 3.84. The Labute approximate surface area is 118 Å². The fourth-order valence-corrected chi connectivity index (χ4v) is 1.96. The number of fused-ring (bicyclic) bond motifs is 1. The van der Waals surface area contributed by atoms with E-state index in [0.717, 1.165) is 5.56 Å². The standard InChI is InChI=1S/C15H18N2O3/c1-15(2,3)17-14(18)11(8-16)6-10-4-5-12-13(7-10)20-9-19-12/h4-5,7,11H,6,9H2,1-3H3,(H,17,18). The molecule has 5 heteroatoms. The van der Waals surface area contributed by atoms with E-state index in [4.69, 9.17) is 9.47 Å². The summed E-state index contributed by atoms with van der Waals surface area (Å²) in [7, 11) is 0. The Bertz CT molecular complexity index is 555. The van der Waals surface area contributed by atoms with Gasteiger partial charge in [-0.25, -0.2) is 0 Å². The lowest BCUT2D eigenvalue weighted by molar-refractivity contribution is -0.124. The molecular weight excluding hydrogens is 256 g/mol. The minimum absolute atomic E-state index is 0.213. The first-order chi connectivity index (χ1) is 9.39. The van der Waals surface area contributed by atoms with Crippen LogP contribution < -0.4 is 14.8 Å². The summed E-state index contributed by atoms with van der Waals surface area (Å²) < 4.78 is 10.5. The zero-order valence-corrected chi connectivity index (χ0v) is 11.9. The lowest BCUT2D eigenvalue weighted by atomic mass is 9.98. The number of rotatable bonds is 3. The van der Waals surface area contributed by atoms with Gasteiger partial charge in [-0.05, 0) is 44.9 Å². The predicted molar refractivity (Wildman–Crippen MR) is 73.3 cm³/mol. The van der Waals surface area contributed by atoms with Gasteiger partial charge in [0.15, 0.2) is 11.5 Å². The number of hydrogen-bond acceptors (Lipinski definition) is 4. The number of nitrogens with one attached hydrogen (secondary N) is 1. The van der Waals surface area contributed by atoms with E-state index in [2.05, 4.69) is 11.4 Å². The second kappa shape index (κ2) is 5.41. The molecule has 2 rings (SSSR count). The van der Waals surface area contributed by atoms with Crippen molar-refractivity contribution in [2.24, 2.45) is 5.92 Å². The highest BCUT2D eigenvalue weighted by molar-refractivity contribution is 5.82. The molecule has 0 radical (unpaired) electrons. The summed E-state index contributed by atoms with van der Waals surface area (Å²) in [6.07, 6.45) is 0.356. The second-order valence-electron chi connectivity index (χ2n) is 5.81. The van der Waals surface area contributed by atoms with Crippen molar-refractivity contribution in [3.05, 3.63) is 23.8 Å². The summed E-state index contributed by atoms with van der Waals surface area (Å²) in [6.45, 7) is 5.88. The maximum absolute atomic E-state index is 12.0. The van der Waals surface area contributed by atoms with E-state index in [-0.39, 0.29) is 18.2 Å². The number of nitrogens with zero attached hydrogens (tertiary/aromatic N) is 1. The van der Waals surface area contributed by atoms with E-state index in [1.54, 1.807) is 6.07 Å². The van der Waals surface area contributed by atoms with Crippen molar-refractivity contribution in [1.82, 2.24) is 5.32 Å². The Balaban J connectivity index is 2.07. The smallest absolute Gasteiger partial charge is 0.238 e. The number of benzene rings is 1. The van der Waals surface area contributed by atoms with Gasteiger partial charge >= 0.3 is 0 Å². The first-order valence-corrected chi connectivity index (χ1v) is 6.49. The summed E-state index contributed by atoms with van der Waals surface area (Å²) in [6, 6.07) is 7.52. The highest BCUT2D eigenvalue weighted by atomic mass is 16.7. The van der Waals surface area contributed by atoms with Gasteiger partial charge in [0.1, 0.15) is 5.92 Å². The molecule has 106 valence electrons. The zero-order chi connectivity index (χ0) is 14.8. The molecule has 0 aliphatic carbocycles. The third-order valence-electron chi connectivity index (χ3n) is 2.85. The molecule has 20 heavy (non-hydrogen) atoms. The van der Waals surface area contributed by atoms with Crippen LogP contribution >= 0.6 is 0 Å². The molecule has 1 aliphatic heterocycles. The molecule has 5 nitrogen and oxygen atoms in total. The molecule has 0 spiro atoms. The highest BCUT2D eigenvalue weighted by Crippen LogP contribution is 2.33. The van der Waals surface area contributed by atoms with E-state index in [1.807, 2.05) is 32.9 Å². The third kappa shape index (κ3) is 3.41. The molecule has 1 aliphatic rings. The lowest BCUT2D eigenvalue weighted by Crippen LogP contribution is -2.44. The van der Waals surface area contributed by atoms with Gasteiger partial charge in [-0.15, -0.1) is 0 Å². The highest BCUT2D eigenvalue weighted by Gasteiger charge is 2.24. The van der Waals surface area contributed by atoms with Gasteiger partial charge in [-0.1, -0.05) is 6.07 Å². The molecular formula is C15H18N2O3. The van der Waals surface area contributed by atoms with Crippen molar-refractivity contribution in [1.29, 1.82) is 5.26 Å². The topological polar surface area (TPSA) is 71.4 Å². The molecule has 1 unspecified atom stereocenters. The van der Waals surface area contributed by atoms with Gasteiger partial charge in [0.05, 0.1) is 6.07 Å². The van der Waals surface area contributed by atoms with E-state index < -0.39 is 5.92 Å². The van der Waals surface area contributed by atoms with Crippen LogP contribution in [0.5, 0.6) is 11.5 Å².